The summed E-state index contributed by atoms with van der Waals surface area (Å²) < 4.78 is 7.86. The number of pyridine rings is 1. The molecule has 1 saturated carbocycles. The lowest BCUT2D eigenvalue weighted by Gasteiger charge is -2.29. The number of hydrogen-bond acceptors (Lipinski definition) is 3. The first-order valence-electron chi connectivity index (χ1n) is 8.65. The fourth-order valence-electron chi connectivity index (χ4n) is 4.14. The van der Waals surface area contributed by atoms with Crippen LogP contribution in [0.25, 0.3) is 22.2 Å². The Labute approximate surface area is 142 Å². The van der Waals surface area contributed by atoms with E-state index in [1.54, 1.807) is 0 Å². The number of methoxy groups -OCH3 is 1. The van der Waals surface area contributed by atoms with Crippen LogP contribution in [0.1, 0.15) is 25.7 Å². The summed E-state index contributed by atoms with van der Waals surface area (Å²) in [7, 11) is 1.81. The van der Waals surface area contributed by atoms with Gasteiger partial charge in [0.15, 0.2) is 0 Å². The molecule has 0 bridgehead atoms. The van der Waals surface area contributed by atoms with Crippen molar-refractivity contribution in [2.75, 3.05) is 13.7 Å². The van der Waals surface area contributed by atoms with Gasteiger partial charge in [0.2, 0.25) is 0 Å². The van der Waals surface area contributed by atoms with Crippen LogP contribution in [0.5, 0.6) is 0 Å². The topological polar surface area (TPSA) is 39.9 Å². The van der Waals surface area contributed by atoms with Crippen molar-refractivity contribution in [1.29, 1.82) is 0 Å². The highest BCUT2D eigenvalue weighted by molar-refractivity contribution is 5.94. The molecule has 1 aromatic carbocycles. The third kappa shape index (κ3) is 2.71. The van der Waals surface area contributed by atoms with Crippen molar-refractivity contribution in [1.82, 2.24) is 14.5 Å². The van der Waals surface area contributed by atoms with Crippen LogP contribution in [0, 0.1) is 5.41 Å². The van der Waals surface area contributed by atoms with Crippen LogP contribution in [-0.4, -0.2) is 28.3 Å². The highest BCUT2D eigenvalue weighted by atomic mass is 16.5. The van der Waals surface area contributed by atoms with Crippen LogP contribution >= 0.6 is 0 Å². The van der Waals surface area contributed by atoms with Crippen molar-refractivity contribution in [2.45, 2.75) is 32.2 Å². The maximum absolute atomic E-state index is 5.55. The summed E-state index contributed by atoms with van der Waals surface area (Å²) in [4.78, 5) is 8.90. The Morgan fingerprint density at radius 2 is 2.04 bits per heavy atom. The SMILES string of the molecule is COCC1(Cn2ccnc2-c2cccc3cnccc23)CCCC1. The Balaban J connectivity index is 1.74. The number of ether oxygens (including phenoxy) is 1. The molecule has 1 aliphatic rings. The summed E-state index contributed by atoms with van der Waals surface area (Å²) in [5.41, 5.74) is 1.42. The Hall–Kier alpha value is -2.20. The zero-order valence-corrected chi connectivity index (χ0v) is 14.1. The van der Waals surface area contributed by atoms with E-state index in [2.05, 4.69) is 45.0 Å². The zero-order valence-electron chi connectivity index (χ0n) is 14.1. The van der Waals surface area contributed by atoms with Gasteiger partial charge >= 0.3 is 0 Å². The molecule has 0 amide bonds. The first-order chi connectivity index (χ1) is 11.8. The van der Waals surface area contributed by atoms with Crippen LogP contribution in [0.4, 0.5) is 0 Å². The second-order valence-electron chi connectivity index (χ2n) is 6.92. The van der Waals surface area contributed by atoms with Gasteiger partial charge in [-0.2, -0.15) is 0 Å². The molecule has 2 aromatic heterocycles. The maximum Gasteiger partial charge on any atom is 0.140 e. The fraction of sp³-hybridized carbons (Fsp3) is 0.400. The predicted octanol–water partition coefficient (Wildman–Crippen LogP) is 4.31. The van der Waals surface area contributed by atoms with Crippen molar-refractivity contribution in [2.24, 2.45) is 5.41 Å². The third-order valence-electron chi connectivity index (χ3n) is 5.26. The van der Waals surface area contributed by atoms with Crippen molar-refractivity contribution in [3.05, 3.63) is 49.1 Å². The lowest BCUT2D eigenvalue weighted by molar-refractivity contribution is 0.0702. The molecule has 0 unspecified atom stereocenters. The lowest BCUT2D eigenvalue weighted by Crippen LogP contribution is -2.28. The molecular formula is C20H23N3O. The molecule has 4 heteroatoms. The van der Waals surface area contributed by atoms with Gasteiger partial charge in [-0.3, -0.25) is 4.98 Å². The Kier molecular flexibility index (Phi) is 4.07. The second kappa shape index (κ2) is 6.36. The molecule has 124 valence electrons. The summed E-state index contributed by atoms with van der Waals surface area (Å²) in [6.07, 6.45) is 12.8. The van der Waals surface area contributed by atoms with E-state index in [9.17, 15) is 0 Å². The highest BCUT2D eigenvalue weighted by Gasteiger charge is 2.34. The number of fused-ring (bicyclic) bond motifs is 1. The van der Waals surface area contributed by atoms with E-state index in [1.165, 1.54) is 36.6 Å². The van der Waals surface area contributed by atoms with E-state index in [-0.39, 0.29) is 5.41 Å². The molecule has 3 aromatic rings. The van der Waals surface area contributed by atoms with Gasteiger partial charge in [-0.15, -0.1) is 0 Å². The summed E-state index contributed by atoms with van der Waals surface area (Å²) in [5.74, 6) is 1.04. The molecule has 2 heterocycles. The minimum atomic E-state index is 0.246. The van der Waals surface area contributed by atoms with Crippen LogP contribution in [0.15, 0.2) is 49.1 Å². The molecule has 0 radical (unpaired) electrons. The van der Waals surface area contributed by atoms with Crippen molar-refractivity contribution >= 4 is 10.8 Å². The molecule has 0 N–H and O–H groups in total. The largest absolute Gasteiger partial charge is 0.384 e. The molecule has 0 aliphatic heterocycles. The standard InChI is InChI=1S/C20H23N3O/c1-24-15-20(8-2-3-9-20)14-23-12-11-22-19(23)18-6-4-5-16-13-21-10-7-17(16)18/h4-7,10-13H,2-3,8-9,14-15H2,1H3. The molecule has 4 rings (SSSR count). The lowest BCUT2D eigenvalue weighted by atomic mass is 9.87. The molecule has 4 nitrogen and oxygen atoms in total. The molecular weight excluding hydrogens is 298 g/mol. The first-order valence-corrected chi connectivity index (χ1v) is 8.65. The van der Waals surface area contributed by atoms with Gasteiger partial charge in [0.1, 0.15) is 5.82 Å². The van der Waals surface area contributed by atoms with E-state index in [4.69, 9.17) is 4.74 Å². The molecule has 0 spiro atoms. The van der Waals surface area contributed by atoms with Gasteiger partial charge in [0, 0.05) is 54.8 Å². The number of imidazole rings is 1. The molecule has 24 heavy (non-hydrogen) atoms. The average molecular weight is 321 g/mol. The van der Waals surface area contributed by atoms with E-state index in [0.717, 1.165) is 24.4 Å². The quantitative estimate of drug-likeness (QED) is 0.703. The van der Waals surface area contributed by atoms with Crippen LogP contribution in [0.3, 0.4) is 0 Å². The van der Waals surface area contributed by atoms with Crippen molar-refractivity contribution in [3.8, 4) is 11.4 Å². The highest BCUT2D eigenvalue weighted by Crippen LogP contribution is 2.41. The van der Waals surface area contributed by atoms with Crippen LogP contribution < -0.4 is 0 Å². The van der Waals surface area contributed by atoms with E-state index < -0.39 is 0 Å². The minimum Gasteiger partial charge on any atom is -0.384 e. The van der Waals surface area contributed by atoms with Gasteiger partial charge in [-0.25, -0.2) is 4.98 Å². The second-order valence-corrected chi connectivity index (χ2v) is 6.92. The maximum atomic E-state index is 5.55. The minimum absolute atomic E-state index is 0.246. The van der Waals surface area contributed by atoms with Crippen LogP contribution in [0.2, 0.25) is 0 Å². The van der Waals surface area contributed by atoms with Gasteiger partial charge in [-0.05, 0) is 24.3 Å². The number of hydrogen-bond donors (Lipinski definition) is 0. The zero-order chi connectivity index (χ0) is 16.4. The van der Waals surface area contributed by atoms with Gasteiger partial charge in [-0.1, -0.05) is 31.0 Å². The summed E-state index contributed by atoms with van der Waals surface area (Å²) in [6.45, 7) is 1.79. The normalized spacial score (nSPS) is 16.7. The predicted molar refractivity (Wildman–Crippen MR) is 95.7 cm³/mol. The fourth-order valence-corrected chi connectivity index (χ4v) is 4.14. The molecule has 0 saturated heterocycles. The smallest absolute Gasteiger partial charge is 0.140 e. The molecule has 1 aliphatic carbocycles. The van der Waals surface area contributed by atoms with Gasteiger partial charge in [0.05, 0.1) is 6.61 Å². The van der Waals surface area contributed by atoms with Gasteiger partial charge in [0.25, 0.3) is 0 Å². The summed E-state index contributed by atoms with van der Waals surface area (Å²) in [5, 5.41) is 2.35. The van der Waals surface area contributed by atoms with Crippen LogP contribution in [-0.2, 0) is 11.3 Å². The molecule has 1 fully saturated rings. The number of rotatable bonds is 5. The summed E-state index contributed by atoms with van der Waals surface area (Å²) in [6, 6.07) is 8.41. The molecule has 0 atom stereocenters. The van der Waals surface area contributed by atoms with Crippen molar-refractivity contribution in [3.63, 3.8) is 0 Å². The Bertz CT molecular complexity index is 828. The monoisotopic (exact) mass is 321 g/mol. The van der Waals surface area contributed by atoms with E-state index >= 15 is 0 Å². The van der Waals surface area contributed by atoms with Crippen molar-refractivity contribution < 1.29 is 4.74 Å². The van der Waals surface area contributed by atoms with Gasteiger partial charge < -0.3 is 9.30 Å². The van der Waals surface area contributed by atoms with E-state index in [0.29, 0.717) is 0 Å². The van der Waals surface area contributed by atoms with E-state index in [1.807, 2.05) is 25.7 Å². The Morgan fingerprint density at radius 1 is 1.17 bits per heavy atom. The Morgan fingerprint density at radius 3 is 2.88 bits per heavy atom. The number of nitrogens with zero attached hydrogens (tertiary/aromatic N) is 3. The summed E-state index contributed by atoms with van der Waals surface area (Å²) >= 11 is 0. The number of aromatic nitrogens is 3. The average Bonchev–Trinajstić information content (AvgIpc) is 3.25. The third-order valence-corrected chi connectivity index (χ3v) is 5.26. The first kappa shape index (κ1) is 15.3. The number of benzene rings is 1.